The number of aromatic nitrogens is 3. The summed E-state index contributed by atoms with van der Waals surface area (Å²) in [6.07, 6.45) is 4.89. The van der Waals surface area contributed by atoms with E-state index < -0.39 is 0 Å². The van der Waals surface area contributed by atoms with Gasteiger partial charge in [0.15, 0.2) is 10.8 Å². The van der Waals surface area contributed by atoms with Crippen molar-refractivity contribution in [1.82, 2.24) is 20.3 Å². The standard InChI is InChI=1S/C17H25N5OS2/c1-4-12(3)20-13(23)9-24-16-14-15(18-10-19-16)21-17(25-14)22-7-5-11(2)6-8-22/h10-12H,4-9H2,1-3H3,(H,20,23)/t12-/m0/s1. The summed E-state index contributed by atoms with van der Waals surface area (Å²) in [5.41, 5.74) is 0.735. The van der Waals surface area contributed by atoms with Crippen LogP contribution in [0.3, 0.4) is 0 Å². The minimum atomic E-state index is 0.0425. The summed E-state index contributed by atoms with van der Waals surface area (Å²) in [5, 5.41) is 4.85. The van der Waals surface area contributed by atoms with Gasteiger partial charge in [0.25, 0.3) is 0 Å². The Balaban J connectivity index is 1.70. The summed E-state index contributed by atoms with van der Waals surface area (Å²) >= 11 is 3.10. The highest BCUT2D eigenvalue weighted by atomic mass is 32.2. The zero-order chi connectivity index (χ0) is 17.8. The van der Waals surface area contributed by atoms with Crippen LogP contribution in [-0.2, 0) is 4.79 Å². The highest BCUT2D eigenvalue weighted by Gasteiger charge is 2.20. The number of carbonyl (C=O) groups is 1. The van der Waals surface area contributed by atoms with E-state index in [0.717, 1.165) is 45.9 Å². The van der Waals surface area contributed by atoms with Crippen LogP contribution < -0.4 is 10.2 Å². The Hall–Kier alpha value is -1.41. The van der Waals surface area contributed by atoms with Crippen LogP contribution in [0.15, 0.2) is 11.4 Å². The lowest BCUT2D eigenvalue weighted by atomic mass is 10.00. The molecule has 136 valence electrons. The number of anilines is 1. The van der Waals surface area contributed by atoms with E-state index in [1.807, 2.05) is 6.92 Å². The largest absolute Gasteiger partial charge is 0.353 e. The fourth-order valence-electron chi connectivity index (χ4n) is 2.71. The third-order valence-corrected chi connectivity index (χ3v) is 6.79. The van der Waals surface area contributed by atoms with Crippen LogP contribution in [0.2, 0.25) is 0 Å². The number of thioether (sulfide) groups is 1. The van der Waals surface area contributed by atoms with E-state index in [0.29, 0.717) is 5.75 Å². The molecule has 0 radical (unpaired) electrons. The smallest absolute Gasteiger partial charge is 0.230 e. The Morgan fingerprint density at radius 1 is 1.44 bits per heavy atom. The van der Waals surface area contributed by atoms with Gasteiger partial charge in [-0.1, -0.05) is 36.9 Å². The molecule has 3 rings (SSSR count). The number of hydrogen-bond donors (Lipinski definition) is 1. The first-order valence-electron chi connectivity index (χ1n) is 8.85. The maximum atomic E-state index is 12.0. The molecule has 1 N–H and O–H groups in total. The van der Waals surface area contributed by atoms with Gasteiger partial charge in [-0.2, -0.15) is 4.98 Å². The second kappa shape index (κ2) is 8.31. The first kappa shape index (κ1) is 18.4. The Morgan fingerprint density at radius 3 is 2.92 bits per heavy atom. The first-order chi connectivity index (χ1) is 12.1. The average molecular weight is 380 g/mol. The van der Waals surface area contributed by atoms with Crippen molar-refractivity contribution in [2.45, 2.75) is 51.1 Å². The number of rotatable bonds is 6. The molecule has 1 aliphatic heterocycles. The van der Waals surface area contributed by atoms with Crippen molar-refractivity contribution >= 4 is 44.5 Å². The monoisotopic (exact) mass is 379 g/mol. The van der Waals surface area contributed by atoms with E-state index >= 15 is 0 Å². The predicted octanol–water partition coefficient (Wildman–Crippen LogP) is 3.33. The fourth-order valence-corrected chi connectivity index (χ4v) is 4.67. The van der Waals surface area contributed by atoms with Crippen molar-refractivity contribution in [3.05, 3.63) is 6.33 Å². The topological polar surface area (TPSA) is 71.0 Å². The molecule has 25 heavy (non-hydrogen) atoms. The molecular formula is C17H25N5OS2. The van der Waals surface area contributed by atoms with Crippen LogP contribution in [0.25, 0.3) is 10.3 Å². The highest BCUT2D eigenvalue weighted by Crippen LogP contribution is 2.35. The zero-order valence-corrected chi connectivity index (χ0v) is 16.6. The number of fused-ring (bicyclic) bond motifs is 1. The second-order valence-corrected chi connectivity index (χ2v) is 8.60. The number of hydrogen-bond acceptors (Lipinski definition) is 7. The molecule has 1 aliphatic rings. The van der Waals surface area contributed by atoms with Gasteiger partial charge < -0.3 is 10.2 Å². The lowest BCUT2D eigenvalue weighted by molar-refractivity contribution is -0.119. The van der Waals surface area contributed by atoms with Crippen LogP contribution in [0.1, 0.15) is 40.0 Å². The van der Waals surface area contributed by atoms with E-state index in [1.54, 1.807) is 17.7 Å². The van der Waals surface area contributed by atoms with Gasteiger partial charge >= 0.3 is 0 Å². The van der Waals surface area contributed by atoms with Gasteiger partial charge in [-0.05, 0) is 32.1 Å². The molecule has 1 amide bonds. The molecule has 2 aromatic rings. The van der Waals surface area contributed by atoms with Crippen LogP contribution in [-0.4, -0.2) is 45.7 Å². The number of nitrogens with one attached hydrogen (secondary N) is 1. The van der Waals surface area contributed by atoms with Crippen molar-refractivity contribution in [3.63, 3.8) is 0 Å². The van der Waals surface area contributed by atoms with Gasteiger partial charge in [0.1, 0.15) is 16.1 Å². The Morgan fingerprint density at radius 2 is 2.20 bits per heavy atom. The minimum Gasteiger partial charge on any atom is -0.353 e. The molecule has 0 bridgehead atoms. The summed E-state index contributed by atoms with van der Waals surface area (Å²) < 4.78 is 0.984. The van der Waals surface area contributed by atoms with Crippen LogP contribution in [0.5, 0.6) is 0 Å². The predicted molar refractivity (Wildman–Crippen MR) is 104 cm³/mol. The Bertz CT molecular complexity index is 727. The fraction of sp³-hybridized carbons (Fsp3) is 0.647. The lowest BCUT2D eigenvalue weighted by Crippen LogP contribution is -2.33. The number of carbonyl (C=O) groups excluding carboxylic acids is 1. The zero-order valence-electron chi connectivity index (χ0n) is 15.0. The summed E-state index contributed by atoms with van der Waals surface area (Å²) in [7, 11) is 0. The van der Waals surface area contributed by atoms with Crippen LogP contribution >= 0.6 is 23.1 Å². The molecule has 8 heteroatoms. The average Bonchev–Trinajstić information content (AvgIpc) is 3.05. The molecule has 1 fully saturated rings. The van der Waals surface area contributed by atoms with E-state index in [9.17, 15) is 4.79 Å². The maximum Gasteiger partial charge on any atom is 0.230 e. The number of piperidine rings is 1. The third-order valence-electron chi connectivity index (χ3n) is 4.56. The summed E-state index contributed by atoms with van der Waals surface area (Å²) in [6, 6.07) is 0.204. The summed E-state index contributed by atoms with van der Waals surface area (Å²) in [6.45, 7) is 8.48. The van der Waals surface area contributed by atoms with Gasteiger partial charge in [0.2, 0.25) is 5.91 Å². The molecule has 6 nitrogen and oxygen atoms in total. The molecule has 3 heterocycles. The maximum absolute atomic E-state index is 12.0. The van der Waals surface area contributed by atoms with Gasteiger partial charge in [0, 0.05) is 19.1 Å². The molecular weight excluding hydrogens is 354 g/mol. The van der Waals surface area contributed by atoms with E-state index in [1.165, 1.54) is 24.6 Å². The summed E-state index contributed by atoms with van der Waals surface area (Å²) in [4.78, 5) is 27.7. The Labute approximate surface area is 156 Å². The summed E-state index contributed by atoms with van der Waals surface area (Å²) in [5.74, 6) is 1.20. The Kier molecular flexibility index (Phi) is 6.11. The highest BCUT2D eigenvalue weighted by molar-refractivity contribution is 8.00. The van der Waals surface area contributed by atoms with Crippen molar-refractivity contribution in [3.8, 4) is 0 Å². The molecule has 0 spiro atoms. The van der Waals surface area contributed by atoms with Crippen LogP contribution in [0.4, 0.5) is 5.13 Å². The van der Waals surface area contributed by atoms with Crippen molar-refractivity contribution in [2.75, 3.05) is 23.7 Å². The molecule has 1 saturated heterocycles. The molecule has 0 unspecified atom stereocenters. The quantitative estimate of drug-likeness (QED) is 0.613. The van der Waals surface area contributed by atoms with Gasteiger partial charge in [-0.25, -0.2) is 9.97 Å². The third kappa shape index (κ3) is 4.61. The molecule has 0 aromatic carbocycles. The number of thiazole rings is 1. The van der Waals surface area contributed by atoms with Crippen molar-refractivity contribution in [1.29, 1.82) is 0 Å². The van der Waals surface area contributed by atoms with Gasteiger partial charge in [0.05, 0.1) is 5.75 Å². The normalized spacial score (nSPS) is 17.0. The number of nitrogens with zero attached hydrogens (tertiary/aromatic N) is 4. The second-order valence-electron chi connectivity index (χ2n) is 6.66. The number of amides is 1. The van der Waals surface area contributed by atoms with E-state index in [4.69, 9.17) is 4.98 Å². The molecule has 0 aliphatic carbocycles. The van der Waals surface area contributed by atoms with Gasteiger partial charge in [-0.15, -0.1) is 0 Å². The molecule has 2 aromatic heterocycles. The van der Waals surface area contributed by atoms with Crippen molar-refractivity contribution < 1.29 is 4.79 Å². The van der Waals surface area contributed by atoms with Crippen molar-refractivity contribution in [2.24, 2.45) is 5.92 Å². The SMILES string of the molecule is CC[C@H](C)NC(=O)CSc1ncnc2nc(N3CCC(C)CC3)sc12. The first-order valence-corrected chi connectivity index (χ1v) is 10.7. The van der Waals surface area contributed by atoms with Crippen LogP contribution in [0, 0.1) is 5.92 Å². The molecule has 0 saturated carbocycles. The van der Waals surface area contributed by atoms with Gasteiger partial charge in [-0.3, -0.25) is 4.79 Å². The molecule has 1 atom stereocenters. The van der Waals surface area contributed by atoms with E-state index in [-0.39, 0.29) is 11.9 Å². The van der Waals surface area contributed by atoms with E-state index in [2.05, 4.69) is 34.0 Å². The lowest BCUT2D eigenvalue weighted by Gasteiger charge is -2.29. The minimum absolute atomic E-state index is 0.0425.